The largest absolute Gasteiger partial charge is 0.444 e. The second kappa shape index (κ2) is 6.53. The summed E-state index contributed by atoms with van der Waals surface area (Å²) < 4.78 is 10.9. The van der Waals surface area contributed by atoms with E-state index in [-0.39, 0.29) is 11.6 Å². The van der Waals surface area contributed by atoms with E-state index >= 15 is 0 Å². The van der Waals surface area contributed by atoms with E-state index in [2.05, 4.69) is 10.6 Å². The number of rotatable bonds is 6. The van der Waals surface area contributed by atoms with Gasteiger partial charge in [0.2, 0.25) is 0 Å². The fourth-order valence-corrected chi connectivity index (χ4v) is 2.91. The van der Waals surface area contributed by atoms with Crippen LogP contribution in [0.25, 0.3) is 0 Å². The predicted octanol–water partition coefficient (Wildman–Crippen LogP) is 2.59. The maximum atomic E-state index is 12.0. The van der Waals surface area contributed by atoms with Gasteiger partial charge in [-0.25, -0.2) is 4.79 Å². The van der Waals surface area contributed by atoms with E-state index in [9.17, 15) is 4.79 Å². The number of hydrogen-bond donors (Lipinski definition) is 2. The van der Waals surface area contributed by atoms with Gasteiger partial charge < -0.3 is 20.1 Å². The Morgan fingerprint density at radius 1 is 1.29 bits per heavy atom. The first-order valence-corrected chi connectivity index (χ1v) is 8.18. The summed E-state index contributed by atoms with van der Waals surface area (Å²) in [6.45, 7) is 9.33. The van der Waals surface area contributed by atoms with Crippen LogP contribution in [0.2, 0.25) is 0 Å². The van der Waals surface area contributed by atoms with Gasteiger partial charge in [0.05, 0.1) is 11.6 Å². The Hall–Kier alpha value is -0.810. The molecule has 2 saturated carbocycles. The van der Waals surface area contributed by atoms with E-state index in [1.807, 2.05) is 27.7 Å². The van der Waals surface area contributed by atoms with Crippen LogP contribution in [0, 0.1) is 0 Å². The number of ether oxygens (including phenoxy) is 2. The van der Waals surface area contributed by atoms with Crippen LogP contribution in [-0.2, 0) is 9.47 Å². The van der Waals surface area contributed by atoms with Gasteiger partial charge in [-0.3, -0.25) is 0 Å². The zero-order valence-electron chi connectivity index (χ0n) is 13.8. The number of alkyl carbamates (subject to hydrolysis) is 1. The lowest BCUT2D eigenvalue weighted by atomic mass is 9.76. The maximum absolute atomic E-state index is 12.0. The first kappa shape index (κ1) is 16.6. The Kier molecular flexibility index (Phi) is 5.15. The molecule has 5 nitrogen and oxygen atoms in total. The number of amides is 1. The highest BCUT2D eigenvalue weighted by Gasteiger charge is 2.41. The van der Waals surface area contributed by atoms with Crippen molar-refractivity contribution in [1.82, 2.24) is 10.6 Å². The first-order chi connectivity index (χ1) is 9.82. The zero-order valence-corrected chi connectivity index (χ0v) is 13.8. The van der Waals surface area contributed by atoms with Crippen molar-refractivity contribution in [1.29, 1.82) is 0 Å². The Balaban J connectivity index is 1.71. The highest BCUT2D eigenvalue weighted by Crippen LogP contribution is 2.33. The summed E-state index contributed by atoms with van der Waals surface area (Å²) in [4.78, 5) is 12.0. The quantitative estimate of drug-likeness (QED) is 0.791. The Bertz CT molecular complexity index is 355. The van der Waals surface area contributed by atoms with Gasteiger partial charge in [0.25, 0.3) is 0 Å². The Morgan fingerprint density at radius 2 is 1.95 bits per heavy atom. The summed E-state index contributed by atoms with van der Waals surface area (Å²) in [5, 5.41) is 6.64. The van der Waals surface area contributed by atoms with Gasteiger partial charge in [-0.2, -0.15) is 0 Å². The maximum Gasteiger partial charge on any atom is 0.408 e. The molecule has 0 aromatic heterocycles. The van der Waals surface area contributed by atoms with Gasteiger partial charge in [-0.1, -0.05) is 0 Å². The molecule has 2 fully saturated rings. The third kappa shape index (κ3) is 4.85. The average molecular weight is 298 g/mol. The standard InChI is InChI=1S/C16H30N2O3/c1-5-20-13-9-12(10-13)17-11-16(7-6-8-16)18-14(19)21-15(2,3)4/h12-13,17H,5-11H2,1-4H3,(H,18,19). The first-order valence-electron chi connectivity index (χ1n) is 8.18. The lowest BCUT2D eigenvalue weighted by molar-refractivity contribution is -0.0135. The molecule has 122 valence electrons. The molecule has 0 aromatic rings. The molecule has 1 amide bonds. The summed E-state index contributed by atoms with van der Waals surface area (Å²) in [7, 11) is 0. The summed E-state index contributed by atoms with van der Waals surface area (Å²) in [5.74, 6) is 0. The van der Waals surface area contributed by atoms with Crippen molar-refractivity contribution in [2.24, 2.45) is 0 Å². The van der Waals surface area contributed by atoms with Gasteiger partial charge in [0, 0.05) is 19.2 Å². The van der Waals surface area contributed by atoms with Crippen LogP contribution >= 0.6 is 0 Å². The molecule has 0 unspecified atom stereocenters. The fraction of sp³-hybridized carbons (Fsp3) is 0.938. The Labute approximate surface area is 128 Å². The minimum atomic E-state index is -0.443. The molecule has 0 aromatic carbocycles. The van der Waals surface area contributed by atoms with Crippen LogP contribution in [0.15, 0.2) is 0 Å². The third-order valence-electron chi connectivity index (χ3n) is 4.30. The molecule has 5 heteroatoms. The van der Waals surface area contributed by atoms with Gasteiger partial charge in [-0.05, 0) is 59.8 Å². The lowest BCUT2D eigenvalue weighted by Crippen LogP contribution is -2.62. The summed E-state index contributed by atoms with van der Waals surface area (Å²) in [6, 6.07) is 0.527. The van der Waals surface area contributed by atoms with E-state index in [0.717, 1.165) is 38.8 Å². The average Bonchev–Trinajstić information content (AvgIpc) is 2.25. The van der Waals surface area contributed by atoms with E-state index in [1.165, 1.54) is 6.42 Å². The topological polar surface area (TPSA) is 59.6 Å². The van der Waals surface area contributed by atoms with Crippen LogP contribution in [-0.4, -0.2) is 42.5 Å². The van der Waals surface area contributed by atoms with E-state index in [0.29, 0.717) is 12.1 Å². The lowest BCUT2D eigenvalue weighted by Gasteiger charge is -2.45. The van der Waals surface area contributed by atoms with Gasteiger partial charge in [-0.15, -0.1) is 0 Å². The fourth-order valence-electron chi connectivity index (χ4n) is 2.91. The molecular weight excluding hydrogens is 268 g/mol. The molecule has 2 N–H and O–H groups in total. The molecule has 2 rings (SSSR count). The summed E-state index contributed by atoms with van der Waals surface area (Å²) >= 11 is 0. The number of nitrogens with one attached hydrogen (secondary N) is 2. The van der Waals surface area contributed by atoms with E-state index < -0.39 is 5.60 Å². The SMILES string of the molecule is CCOC1CC(NCC2(NC(=O)OC(C)(C)C)CCC2)C1. The smallest absolute Gasteiger partial charge is 0.408 e. The van der Waals surface area contributed by atoms with Crippen LogP contribution < -0.4 is 10.6 Å². The molecule has 2 aliphatic rings. The molecule has 0 spiro atoms. The highest BCUT2D eigenvalue weighted by molar-refractivity contribution is 5.69. The molecule has 0 radical (unpaired) electrons. The second-order valence-corrected chi connectivity index (χ2v) is 7.39. The van der Waals surface area contributed by atoms with Gasteiger partial charge in [0.1, 0.15) is 5.60 Å². The minimum absolute atomic E-state index is 0.112. The van der Waals surface area contributed by atoms with Crippen molar-refractivity contribution < 1.29 is 14.3 Å². The van der Waals surface area contributed by atoms with Crippen molar-refractivity contribution in [3.05, 3.63) is 0 Å². The summed E-state index contributed by atoms with van der Waals surface area (Å²) in [5.41, 5.74) is -0.555. The van der Waals surface area contributed by atoms with Crippen LogP contribution in [0.3, 0.4) is 0 Å². The minimum Gasteiger partial charge on any atom is -0.444 e. The second-order valence-electron chi connectivity index (χ2n) is 7.39. The van der Waals surface area contributed by atoms with Crippen LogP contribution in [0.5, 0.6) is 0 Å². The van der Waals surface area contributed by atoms with Crippen molar-refractivity contribution in [3.8, 4) is 0 Å². The van der Waals surface area contributed by atoms with Crippen LogP contribution in [0.1, 0.15) is 59.8 Å². The highest BCUT2D eigenvalue weighted by atomic mass is 16.6. The summed E-state index contributed by atoms with van der Waals surface area (Å²) in [6.07, 6.45) is 5.51. The third-order valence-corrected chi connectivity index (χ3v) is 4.30. The Morgan fingerprint density at radius 3 is 2.43 bits per heavy atom. The van der Waals surface area contributed by atoms with Crippen molar-refractivity contribution in [2.45, 2.75) is 83.1 Å². The molecular formula is C16H30N2O3. The molecule has 0 heterocycles. The van der Waals surface area contributed by atoms with E-state index in [4.69, 9.17) is 9.47 Å². The molecule has 0 bridgehead atoms. The molecule has 0 aliphatic heterocycles. The zero-order chi connectivity index (χ0) is 15.5. The normalized spacial score (nSPS) is 27.4. The number of hydrogen-bond acceptors (Lipinski definition) is 4. The monoisotopic (exact) mass is 298 g/mol. The molecule has 0 saturated heterocycles. The number of carbonyl (C=O) groups is 1. The molecule has 21 heavy (non-hydrogen) atoms. The number of carbonyl (C=O) groups excluding carboxylic acids is 1. The molecule has 2 aliphatic carbocycles. The van der Waals surface area contributed by atoms with Crippen molar-refractivity contribution >= 4 is 6.09 Å². The van der Waals surface area contributed by atoms with Gasteiger partial charge >= 0.3 is 6.09 Å². The molecule has 0 atom stereocenters. The van der Waals surface area contributed by atoms with Crippen molar-refractivity contribution in [3.63, 3.8) is 0 Å². The van der Waals surface area contributed by atoms with E-state index in [1.54, 1.807) is 0 Å². The van der Waals surface area contributed by atoms with Crippen LogP contribution in [0.4, 0.5) is 4.79 Å². The predicted molar refractivity (Wildman–Crippen MR) is 82.4 cm³/mol. The van der Waals surface area contributed by atoms with Gasteiger partial charge in [0.15, 0.2) is 0 Å². The van der Waals surface area contributed by atoms with Crippen molar-refractivity contribution in [2.75, 3.05) is 13.2 Å².